The van der Waals surface area contributed by atoms with Gasteiger partial charge in [0, 0.05) is 18.2 Å². The van der Waals surface area contributed by atoms with Gasteiger partial charge in [-0.25, -0.2) is 4.98 Å². The molecule has 1 unspecified atom stereocenters. The number of nitrogens with two attached hydrogens (primary N) is 1. The van der Waals surface area contributed by atoms with Crippen molar-refractivity contribution in [2.45, 2.75) is 19.4 Å². The van der Waals surface area contributed by atoms with Crippen LogP contribution in [0.3, 0.4) is 0 Å². The average molecular weight is 232 g/mol. The van der Waals surface area contributed by atoms with Gasteiger partial charge in [0.25, 0.3) is 5.91 Å². The lowest BCUT2D eigenvalue weighted by Crippen LogP contribution is -2.28. The number of nitrogens with one attached hydrogen (secondary N) is 2. The lowest BCUT2D eigenvalue weighted by molar-refractivity contribution is 0.0953. The maximum Gasteiger partial charge on any atom is 0.251 e. The summed E-state index contributed by atoms with van der Waals surface area (Å²) in [5.41, 5.74) is 7.97. The van der Waals surface area contributed by atoms with E-state index in [1.807, 2.05) is 13.0 Å². The number of carbonyl (C=O) groups excluding carboxylic acids is 1. The second-order valence-corrected chi connectivity index (χ2v) is 4.16. The molecule has 4 N–H and O–H groups in total. The number of benzene rings is 1. The van der Waals surface area contributed by atoms with Crippen molar-refractivity contribution in [2.24, 2.45) is 5.73 Å². The largest absolute Gasteiger partial charge is 0.352 e. The highest BCUT2D eigenvalue weighted by Crippen LogP contribution is 2.11. The Morgan fingerprint density at radius 2 is 2.41 bits per heavy atom. The number of imidazole rings is 1. The van der Waals surface area contributed by atoms with Crippen LogP contribution in [0.2, 0.25) is 0 Å². The van der Waals surface area contributed by atoms with Crippen molar-refractivity contribution in [1.82, 2.24) is 15.3 Å². The predicted molar refractivity (Wildman–Crippen MR) is 66.7 cm³/mol. The molecule has 0 fully saturated rings. The summed E-state index contributed by atoms with van der Waals surface area (Å²) >= 11 is 0. The molecule has 1 atom stereocenters. The van der Waals surface area contributed by atoms with E-state index in [0.717, 1.165) is 17.5 Å². The Bertz CT molecular complexity index is 518. The number of aromatic nitrogens is 2. The van der Waals surface area contributed by atoms with E-state index in [9.17, 15) is 4.79 Å². The van der Waals surface area contributed by atoms with Crippen molar-refractivity contribution in [3.8, 4) is 0 Å². The van der Waals surface area contributed by atoms with E-state index in [-0.39, 0.29) is 11.9 Å². The first-order chi connectivity index (χ1) is 8.16. The smallest absolute Gasteiger partial charge is 0.251 e. The van der Waals surface area contributed by atoms with Crippen molar-refractivity contribution < 1.29 is 4.79 Å². The van der Waals surface area contributed by atoms with Crippen LogP contribution >= 0.6 is 0 Å². The molecule has 0 aliphatic rings. The van der Waals surface area contributed by atoms with Gasteiger partial charge >= 0.3 is 0 Å². The minimum absolute atomic E-state index is 0.0813. The van der Waals surface area contributed by atoms with Crippen molar-refractivity contribution in [2.75, 3.05) is 6.54 Å². The molecular weight excluding hydrogens is 216 g/mol. The lowest BCUT2D eigenvalue weighted by Gasteiger charge is -2.07. The number of amides is 1. The van der Waals surface area contributed by atoms with E-state index in [0.29, 0.717) is 12.1 Å². The van der Waals surface area contributed by atoms with Crippen LogP contribution in [0.25, 0.3) is 11.0 Å². The molecule has 2 aromatic rings. The number of carbonyl (C=O) groups is 1. The average Bonchev–Trinajstić information content (AvgIpc) is 2.75. The van der Waals surface area contributed by atoms with Crippen LogP contribution in [-0.4, -0.2) is 28.5 Å². The van der Waals surface area contributed by atoms with E-state index in [2.05, 4.69) is 15.3 Å². The number of aromatic amines is 1. The van der Waals surface area contributed by atoms with Gasteiger partial charge in [0.05, 0.1) is 17.4 Å². The maximum atomic E-state index is 11.8. The molecule has 1 aromatic carbocycles. The molecule has 1 heterocycles. The van der Waals surface area contributed by atoms with Gasteiger partial charge in [0.2, 0.25) is 0 Å². The molecule has 0 saturated carbocycles. The summed E-state index contributed by atoms with van der Waals surface area (Å²) in [6.07, 6.45) is 2.39. The Morgan fingerprint density at radius 1 is 1.59 bits per heavy atom. The fourth-order valence-electron chi connectivity index (χ4n) is 1.59. The van der Waals surface area contributed by atoms with Gasteiger partial charge in [-0.1, -0.05) is 0 Å². The van der Waals surface area contributed by atoms with Crippen LogP contribution in [0.1, 0.15) is 23.7 Å². The number of H-pyrrole nitrogens is 1. The van der Waals surface area contributed by atoms with E-state index in [1.165, 1.54) is 0 Å². The molecule has 5 nitrogen and oxygen atoms in total. The van der Waals surface area contributed by atoms with Gasteiger partial charge in [-0.2, -0.15) is 0 Å². The van der Waals surface area contributed by atoms with Crippen molar-refractivity contribution in [3.63, 3.8) is 0 Å². The molecule has 0 spiro atoms. The highest BCUT2D eigenvalue weighted by atomic mass is 16.1. The van der Waals surface area contributed by atoms with Crippen LogP contribution in [0.5, 0.6) is 0 Å². The number of fused-ring (bicyclic) bond motifs is 1. The number of rotatable bonds is 4. The highest BCUT2D eigenvalue weighted by molar-refractivity contribution is 5.97. The zero-order valence-corrected chi connectivity index (χ0v) is 9.73. The second kappa shape index (κ2) is 4.97. The van der Waals surface area contributed by atoms with Gasteiger partial charge in [0.15, 0.2) is 0 Å². The molecule has 1 amide bonds. The summed E-state index contributed by atoms with van der Waals surface area (Å²) in [6, 6.07) is 5.49. The molecule has 0 aliphatic carbocycles. The van der Waals surface area contributed by atoms with Gasteiger partial charge < -0.3 is 16.0 Å². The third-order valence-corrected chi connectivity index (χ3v) is 2.57. The van der Waals surface area contributed by atoms with Gasteiger partial charge in [-0.3, -0.25) is 4.79 Å². The molecule has 0 saturated heterocycles. The molecule has 17 heavy (non-hydrogen) atoms. The summed E-state index contributed by atoms with van der Waals surface area (Å²) in [5, 5.41) is 2.83. The van der Waals surface area contributed by atoms with Crippen LogP contribution in [-0.2, 0) is 0 Å². The standard InChI is InChI=1S/C12H16N4O/c1-8(13)4-5-14-12(17)9-2-3-10-11(6-9)16-7-15-10/h2-3,6-8H,4-5,13H2,1H3,(H,14,17)(H,15,16). The normalized spacial score (nSPS) is 12.6. The monoisotopic (exact) mass is 232 g/mol. The SMILES string of the molecule is CC(N)CCNC(=O)c1ccc2nc[nH]c2c1. The topological polar surface area (TPSA) is 83.8 Å². The second-order valence-electron chi connectivity index (χ2n) is 4.16. The van der Waals surface area contributed by atoms with E-state index < -0.39 is 0 Å². The van der Waals surface area contributed by atoms with E-state index >= 15 is 0 Å². The first-order valence-corrected chi connectivity index (χ1v) is 5.64. The molecule has 0 bridgehead atoms. The van der Waals surface area contributed by atoms with Gasteiger partial charge in [-0.15, -0.1) is 0 Å². The third kappa shape index (κ3) is 2.82. The molecule has 5 heteroatoms. The number of hydrogen-bond donors (Lipinski definition) is 3. The first-order valence-electron chi connectivity index (χ1n) is 5.64. The fourth-order valence-corrected chi connectivity index (χ4v) is 1.59. The minimum atomic E-state index is -0.0813. The zero-order chi connectivity index (χ0) is 12.3. The third-order valence-electron chi connectivity index (χ3n) is 2.57. The lowest BCUT2D eigenvalue weighted by atomic mass is 10.2. The Morgan fingerprint density at radius 3 is 3.18 bits per heavy atom. The van der Waals surface area contributed by atoms with Gasteiger partial charge in [0.1, 0.15) is 0 Å². The molecule has 0 aliphatic heterocycles. The summed E-state index contributed by atoms with van der Waals surface area (Å²) in [5.74, 6) is -0.0813. The van der Waals surface area contributed by atoms with Crippen molar-refractivity contribution >= 4 is 16.9 Å². The van der Waals surface area contributed by atoms with E-state index in [1.54, 1.807) is 18.5 Å². The Kier molecular flexibility index (Phi) is 3.39. The Balaban J connectivity index is 2.03. The molecule has 0 radical (unpaired) electrons. The first kappa shape index (κ1) is 11.6. The van der Waals surface area contributed by atoms with Crippen molar-refractivity contribution in [3.05, 3.63) is 30.1 Å². The Hall–Kier alpha value is -1.88. The fraction of sp³-hybridized carbons (Fsp3) is 0.333. The van der Waals surface area contributed by atoms with Crippen molar-refractivity contribution in [1.29, 1.82) is 0 Å². The highest BCUT2D eigenvalue weighted by Gasteiger charge is 2.06. The number of hydrogen-bond acceptors (Lipinski definition) is 3. The molecule has 1 aromatic heterocycles. The summed E-state index contributed by atoms with van der Waals surface area (Å²) in [6.45, 7) is 2.51. The van der Waals surface area contributed by atoms with E-state index in [4.69, 9.17) is 5.73 Å². The Labute approximate surface area is 99.4 Å². The van der Waals surface area contributed by atoms with Crippen LogP contribution in [0.15, 0.2) is 24.5 Å². The molecular formula is C12H16N4O. The van der Waals surface area contributed by atoms with Gasteiger partial charge in [-0.05, 0) is 31.5 Å². The summed E-state index contributed by atoms with van der Waals surface area (Å²) < 4.78 is 0. The molecule has 90 valence electrons. The molecule has 2 rings (SSSR count). The maximum absolute atomic E-state index is 11.8. The van der Waals surface area contributed by atoms with Crippen LogP contribution in [0, 0.1) is 0 Å². The minimum Gasteiger partial charge on any atom is -0.352 e. The zero-order valence-electron chi connectivity index (χ0n) is 9.73. The number of nitrogens with zero attached hydrogens (tertiary/aromatic N) is 1. The quantitative estimate of drug-likeness (QED) is 0.736. The summed E-state index contributed by atoms with van der Waals surface area (Å²) in [4.78, 5) is 18.9. The predicted octanol–water partition coefficient (Wildman–Crippen LogP) is 1.03. The van der Waals surface area contributed by atoms with Crippen LogP contribution in [0.4, 0.5) is 0 Å². The van der Waals surface area contributed by atoms with Crippen LogP contribution < -0.4 is 11.1 Å². The summed E-state index contributed by atoms with van der Waals surface area (Å²) in [7, 11) is 0.